The Bertz CT molecular complexity index is 7620. The van der Waals surface area contributed by atoms with Crippen LogP contribution in [0.25, 0.3) is 182 Å². The van der Waals surface area contributed by atoms with Crippen LogP contribution < -0.4 is 4.90 Å². The number of nitrogens with zero attached hydrogens (tertiary/aromatic N) is 8. The molecule has 0 saturated carbocycles. The van der Waals surface area contributed by atoms with Crippen molar-refractivity contribution in [3.05, 3.63) is 425 Å². The lowest BCUT2D eigenvalue weighted by molar-refractivity contribution is 1.15. The maximum Gasteiger partial charge on any atom is 0.0795 e. The van der Waals surface area contributed by atoms with E-state index < -0.39 is 0 Å². The standard InChI is InChI=1S/C54H38N4.C53H34N4/c1-37-35-38(32-33-46(37)56(40-20-6-2-7-21-40)41-22-8-3-9-23-41)49-50(39-19-18-34-55-36-39)52-45-29-15-17-31-48(45)58(43-26-12-5-13-27-43)54(52)53-51(49)44-28-14-16-30-47(44)57(53)42-24-10-4-11-25-42;1-4-18-37(19-5-1)55-44-27-13-10-24-40(44)43-33-35(30-31-47(43)55)48-49(36-17-16-32-54-34-36)51-42-26-12-15-29-46(42)57(39-22-8-3-9-23-39)53(51)52-50(48)41-25-11-14-28-45(41)56(52)38-20-6-2-7-21-38/h2-36H,1H3;1-34H. The van der Waals surface area contributed by atoms with Gasteiger partial charge in [-0.05, 0) is 175 Å². The lowest BCUT2D eigenvalue weighted by Gasteiger charge is -2.27. The molecule has 0 unspecified atom stereocenters. The molecule has 0 aliphatic heterocycles. The van der Waals surface area contributed by atoms with Crippen LogP contribution in [0.1, 0.15) is 5.56 Å². The first-order valence-corrected chi connectivity index (χ1v) is 39.3. The first-order chi connectivity index (χ1) is 57.1. The van der Waals surface area contributed by atoms with Crippen molar-refractivity contribution < 1.29 is 0 Å². The van der Waals surface area contributed by atoms with E-state index >= 15 is 0 Å². The van der Waals surface area contributed by atoms with Gasteiger partial charge in [0.1, 0.15) is 0 Å². The van der Waals surface area contributed by atoms with Gasteiger partial charge >= 0.3 is 0 Å². The molecule has 7 heterocycles. The molecule has 0 aliphatic rings. The van der Waals surface area contributed by atoms with Crippen LogP contribution in [-0.4, -0.2) is 32.8 Å². The number of rotatable bonds is 12. The zero-order chi connectivity index (χ0) is 76.0. The van der Waals surface area contributed by atoms with Gasteiger partial charge in [-0.3, -0.25) is 9.97 Å². The van der Waals surface area contributed by atoms with Gasteiger partial charge in [0.2, 0.25) is 0 Å². The summed E-state index contributed by atoms with van der Waals surface area (Å²) in [6.07, 6.45) is 7.81. The molecule has 0 saturated heterocycles. The summed E-state index contributed by atoms with van der Waals surface area (Å²) < 4.78 is 12.3. The lowest BCUT2D eigenvalue weighted by Crippen LogP contribution is -2.11. The van der Waals surface area contributed by atoms with Crippen molar-refractivity contribution in [2.45, 2.75) is 6.92 Å². The van der Waals surface area contributed by atoms with Crippen molar-refractivity contribution in [1.82, 2.24) is 32.8 Å². The molecule has 0 spiro atoms. The Morgan fingerprint density at radius 3 is 0.835 bits per heavy atom. The van der Waals surface area contributed by atoms with E-state index in [4.69, 9.17) is 9.97 Å². The summed E-state index contributed by atoms with van der Waals surface area (Å²) in [5.41, 5.74) is 31.1. The quantitative estimate of drug-likeness (QED) is 0.122. The van der Waals surface area contributed by atoms with Crippen LogP contribution >= 0.6 is 0 Å². The van der Waals surface area contributed by atoms with Gasteiger partial charge < -0.3 is 27.7 Å². The normalized spacial score (nSPS) is 11.7. The third-order valence-electron chi connectivity index (χ3n) is 23.1. The van der Waals surface area contributed by atoms with Crippen LogP contribution in [0.15, 0.2) is 419 Å². The summed E-state index contributed by atoms with van der Waals surface area (Å²) in [4.78, 5) is 11.9. The van der Waals surface area contributed by atoms with Crippen molar-refractivity contribution in [3.8, 4) is 72.9 Å². The lowest BCUT2D eigenvalue weighted by atomic mass is 9.87. The monoisotopic (exact) mass is 1470 g/mol. The van der Waals surface area contributed by atoms with E-state index in [0.717, 1.165) is 95.3 Å². The van der Waals surface area contributed by atoms with Gasteiger partial charge in [0, 0.05) is 158 Å². The number of aryl methyl sites for hydroxylation is 1. The third-order valence-corrected chi connectivity index (χ3v) is 23.1. The Hall–Kier alpha value is -15.4. The Labute approximate surface area is 664 Å². The molecule has 8 heteroatoms. The topological polar surface area (TPSA) is 53.7 Å². The van der Waals surface area contributed by atoms with E-state index in [2.05, 4.69) is 429 Å². The number of anilines is 3. The Kier molecular flexibility index (Phi) is 16.0. The molecule has 0 bridgehead atoms. The van der Waals surface area contributed by atoms with Crippen LogP contribution in [0.2, 0.25) is 0 Å². The minimum Gasteiger partial charge on any atom is -0.310 e. The second-order valence-corrected chi connectivity index (χ2v) is 29.6. The van der Waals surface area contributed by atoms with Crippen molar-refractivity contribution in [3.63, 3.8) is 0 Å². The van der Waals surface area contributed by atoms with Crippen LogP contribution in [0.4, 0.5) is 17.1 Å². The van der Waals surface area contributed by atoms with E-state index in [0.29, 0.717) is 0 Å². The summed E-state index contributed by atoms with van der Waals surface area (Å²) in [5.74, 6) is 0. The molecule has 0 atom stereocenters. The van der Waals surface area contributed by atoms with Gasteiger partial charge in [0.25, 0.3) is 0 Å². The molecule has 23 rings (SSSR count). The van der Waals surface area contributed by atoms with E-state index in [1.54, 1.807) is 0 Å². The van der Waals surface area contributed by atoms with Gasteiger partial charge in [0.15, 0.2) is 0 Å². The molecule has 0 amide bonds. The average Bonchev–Trinajstić information content (AvgIpc) is 1.53. The highest BCUT2D eigenvalue weighted by Gasteiger charge is 2.33. The van der Waals surface area contributed by atoms with Gasteiger partial charge in [-0.1, -0.05) is 243 Å². The molecule has 7 aromatic heterocycles. The molecule has 0 N–H and O–H groups in total. The average molecular weight is 1470 g/mol. The number of para-hydroxylation sites is 12. The smallest absolute Gasteiger partial charge is 0.0795 e. The minimum atomic E-state index is 1.08. The molecule has 115 heavy (non-hydrogen) atoms. The van der Waals surface area contributed by atoms with Crippen molar-refractivity contribution >= 4 is 126 Å². The second-order valence-electron chi connectivity index (χ2n) is 29.6. The molecule has 16 aromatic carbocycles. The van der Waals surface area contributed by atoms with E-state index in [-0.39, 0.29) is 0 Å². The number of hydrogen-bond acceptors (Lipinski definition) is 3. The van der Waals surface area contributed by atoms with Crippen molar-refractivity contribution in [2.75, 3.05) is 4.90 Å². The largest absolute Gasteiger partial charge is 0.310 e. The fourth-order valence-electron chi connectivity index (χ4n) is 18.6. The molecule has 0 aliphatic carbocycles. The SMILES string of the molecule is Cc1cc(-c2c(-c3cccnc3)c3c4ccccc4n(-c4ccccc4)c3c3c2c2ccccc2n3-c2ccccc2)ccc1N(c1ccccc1)c1ccccc1.c1ccc(-n2c3ccccc3c3cc(-c4c(-c5cccnc5)c5c6ccccc6n(-c6ccccc6)c5c5c4c4ccccc4n5-c4ccccc4)ccc32)cc1. The number of aromatic nitrogens is 7. The highest BCUT2D eigenvalue weighted by Crippen LogP contribution is 2.56. The molecule has 8 nitrogen and oxygen atoms in total. The van der Waals surface area contributed by atoms with Gasteiger partial charge in [-0.15, -0.1) is 0 Å². The highest BCUT2D eigenvalue weighted by molar-refractivity contribution is 6.35. The minimum absolute atomic E-state index is 1.08. The van der Waals surface area contributed by atoms with Gasteiger partial charge in [-0.2, -0.15) is 0 Å². The van der Waals surface area contributed by atoms with Crippen LogP contribution in [-0.2, 0) is 0 Å². The van der Waals surface area contributed by atoms with Gasteiger partial charge in [0.05, 0.1) is 55.2 Å². The number of hydrogen-bond donors (Lipinski definition) is 0. The molecular formula is C107H72N8. The summed E-state index contributed by atoms with van der Waals surface area (Å²) in [6.45, 7) is 2.24. The first-order valence-electron chi connectivity index (χ1n) is 39.3. The Morgan fingerprint density at radius 1 is 0.217 bits per heavy atom. The molecular weight excluding hydrogens is 1400 g/mol. The molecule has 0 radical (unpaired) electrons. The summed E-state index contributed by atoms with van der Waals surface area (Å²) in [7, 11) is 0. The Morgan fingerprint density at radius 2 is 0.496 bits per heavy atom. The van der Waals surface area contributed by atoms with E-state index in [9.17, 15) is 0 Å². The Balaban J connectivity index is 0.000000140. The highest BCUT2D eigenvalue weighted by atomic mass is 15.1. The first kappa shape index (κ1) is 66.6. The molecule has 23 aromatic rings. The number of benzene rings is 16. The fraction of sp³-hybridized carbons (Fsp3) is 0.00935. The summed E-state index contributed by atoms with van der Waals surface area (Å²) >= 11 is 0. The van der Waals surface area contributed by atoms with Crippen LogP contribution in [0, 0.1) is 6.92 Å². The maximum atomic E-state index is 4.76. The predicted molar refractivity (Wildman–Crippen MR) is 481 cm³/mol. The molecule has 0 fully saturated rings. The third kappa shape index (κ3) is 10.7. The predicted octanol–water partition coefficient (Wildman–Crippen LogP) is 28.1. The zero-order valence-corrected chi connectivity index (χ0v) is 62.9. The fourth-order valence-corrected chi connectivity index (χ4v) is 18.6. The second kappa shape index (κ2) is 27.6. The zero-order valence-electron chi connectivity index (χ0n) is 62.9. The van der Waals surface area contributed by atoms with E-state index in [1.165, 1.54) is 109 Å². The van der Waals surface area contributed by atoms with Crippen molar-refractivity contribution in [2.24, 2.45) is 0 Å². The summed E-state index contributed by atoms with van der Waals surface area (Å²) in [5, 5.41) is 12.1. The maximum absolute atomic E-state index is 4.76. The summed E-state index contributed by atoms with van der Waals surface area (Å²) in [6, 6.07) is 142. The number of fused-ring (bicyclic) bond motifs is 17. The number of pyridine rings is 2. The van der Waals surface area contributed by atoms with Crippen molar-refractivity contribution in [1.29, 1.82) is 0 Å². The van der Waals surface area contributed by atoms with E-state index in [1.807, 2.05) is 24.8 Å². The van der Waals surface area contributed by atoms with Crippen LogP contribution in [0.3, 0.4) is 0 Å². The van der Waals surface area contributed by atoms with Crippen LogP contribution in [0.5, 0.6) is 0 Å². The molecule has 540 valence electrons. The van der Waals surface area contributed by atoms with Gasteiger partial charge in [-0.25, -0.2) is 0 Å².